The topological polar surface area (TPSA) is 83.9 Å². The molecule has 1 aliphatic carbocycles. The van der Waals surface area contributed by atoms with Crippen molar-refractivity contribution in [3.63, 3.8) is 0 Å². The molecule has 2 fully saturated rings. The number of hydrogen-bond donors (Lipinski definition) is 1. The van der Waals surface area contributed by atoms with E-state index >= 15 is 0 Å². The number of carbonyl (C=O) groups is 1. The molecule has 1 amide bonds. The van der Waals surface area contributed by atoms with Crippen LogP contribution in [-0.4, -0.2) is 34.6 Å². The van der Waals surface area contributed by atoms with Crippen LogP contribution in [0, 0.1) is 12.8 Å². The van der Waals surface area contributed by atoms with Crippen molar-refractivity contribution in [2.24, 2.45) is 5.92 Å². The Morgan fingerprint density at radius 2 is 1.87 bits per heavy atom. The summed E-state index contributed by atoms with van der Waals surface area (Å²) in [6.07, 6.45) is 6.24. The van der Waals surface area contributed by atoms with Crippen LogP contribution in [0.2, 0.25) is 0 Å². The number of aryl methyl sites for hydroxylation is 1. The molecule has 39 heavy (non-hydrogen) atoms. The lowest BCUT2D eigenvalue weighted by Crippen LogP contribution is -2.55. The van der Waals surface area contributed by atoms with E-state index in [0.29, 0.717) is 36.2 Å². The smallest absolute Gasteiger partial charge is 0.340 e. The van der Waals surface area contributed by atoms with E-state index < -0.39 is 11.2 Å². The molecule has 6 heteroatoms. The van der Waals surface area contributed by atoms with E-state index in [9.17, 15) is 14.7 Å². The van der Waals surface area contributed by atoms with Crippen molar-refractivity contribution in [3.8, 4) is 11.1 Å². The quantitative estimate of drug-likeness (QED) is 0.279. The van der Waals surface area contributed by atoms with Gasteiger partial charge in [0, 0.05) is 41.4 Å². The van der Waals surface area contributed by atoms with Gasteiger partial charge in [0.1, 0.15) is 11.2 Å². The normalized spacial score (nSPS) is 21.5. The summed E-state index contributed by atoms with van der Waals surface area (Å²) >= 11 is 0. The van der Waals surface area contributed by atoms with E-state index in [1.54, 1.807) is 12.3 Å². The molecule has 6 nitrogen and oxygen atoms in total. The van der Waals surface area contributed by atoms with Crippen molar-refractivity contribution < 1.29 is 18.7 Å². The van der Waals surface area contributed by atoms with Gasteiger partial charge in [-0.3, -0.25) is 4.79 Å². The molecule has 198 valence electrons. The second-order valence-corrected chi connectivity index (χ2v) is 11.4. The average molecular weight is 522 g/mol. The molecule has 0 radical (unpaired) electrons. The minimum Gasteiger partial charge on any atom is -0.464 e. The molecule has 1 aliphatic heterocycles. The molecule has 0 bridgehead atoms. The lowest BCUT2D eigenvalue weighted by molar-refractivity contribution is -0.142. The second-order valence-electron chi connectivity index (χ2n) is 11.4. The third kappa shape index (κ3) is 4.05. The molecule has 1 saturated heterocycles. The summed E-state index contributed by atoms with van der Waals surface area (Å²) in [4.78, 5) is 28.2. The molecule has 2 aliphatic rings. The summed E-state index contributed by atoms with van der Waals surface area (Å²) < 4.78 is 11.6. The van der Waals surface area contributed by atoms with Crippen molar-refractivity contribution in [1.29, 1.82) is 0 Å². The Bertz CT molecular complexity index is 1810. The molecule has 2 atom stereocenters. The lowest BCUT2D eigenvalue weighted by Gasteiger charge is -2.47. The fourth-order valence-corrected chi connectivity index (χ4v) is 6.76. The molecular formula is C33H31NO5. The van der Waals surface area contributed by atoms with Gasteiger partial charge in [-0.25, -0.2) is 4.79 Å². The van der Waals surface area contributed by atoms with Gasteiger partial charge in [0.2, 0.25) is 5.91 Å². The maximum atomic E-state index is 13.4. The summed E-state index contributed by atoms with van der Waals surface area (Å²) in [5.74, 6) is 0.0274. The van der Waals surface area contributed by atoms with Crippen LogP contribution < -0.4 is 5.63 Å². The molecule has 0 spiro atoms. The highest BCUT2D eigenvalue weighted by Gasteiger charge is 2.43. The molecule has 0 unspecified atom stereocenters. The van der Waals surface area contributed by atoms with Crippen molar-refractivity contribution in [1.82, 2.24) is 4.90 Å². The van der Waals surface area contributed by atoms with Crippen LogP contribution in [-0.2, 0) is 11.2 Å². The number of fused-ring (bicyclic) bond motifs is 4. The molecule has 3 aromatic carbocycles. The summed E-state index contributed by atoms with van der Waals surface area (Å²) in [6, 6.07) is 18.4. The van der Waals surface area contributed by atoms with E-state index in [4.69, 9.17) is 8.83 Å². The SMILES string of the molecule is Cc1c(CC(=O)N2CC[C@@]3(O)CCCC[C@@H]3C2)c(=O)oc2cc3occ(-c4ccc5ccccc5c4)c3cc12. The first-order valence-electron chi connectivity index (χ1n) is 13.9. The number of rotatable bonds is 3. The molecule has 5 aromatic rings. The standard InChI is InChI=1S/C33H31NO5/c1-20-25-15-27-28(23-10-9-21-6-2-3-7-22(21)14-23)19-38-29(27)17-30(25)39-32(36)26(20)16-31(35)34-13-12-33(37)11-5-4-8-24(33)18-34/h2-3,6-7,9-10,14-15,17,19,24,37H,4-5,8,11-13,16,18H2,1H3/t24-,33+/m1/s1. The zero-order valence-corrected chi connectivity index (χ0v) is 22.0. The highest BCUT2D eigenvalue weighted by molar-refractivity contribution is 6.03. The van der Waals surface area contributed by atoms with E-state index in [1.165, 1.54) is 5.39 Å². The third-order valence-electron chi connectivity index (χ3n) is 9.15. The number of amides is 1. The lowest BCUT2D eigenvalue weighted by atomic mass is 9.71. The van der Waals surface area contributed by atoms with Crippen LogP contribution >= 0.6 is 0 Å². The first-order valence-corrected chi connectivity index (χ1v) is 13.9. The van der Waals surface area contributed by atoms with Crippen LogP contribution in [0.4, 0.5) is 0 Å². The second kappa shape index (κ2) is 9.09. The van der Waals surface area contributed by atoms with Crippen molar-refractivity contribution in [2.45, 2.75) is 51.0 Å². The van der Waals surface area contributed by atoms with Crippen molar-refractivity contribution in [3.05, 3.63) is 82.4 Å². The van der Waals surface area contributed by atoms with Crippen LogP contribution in [0.25, 0.3) is 43.8 Å². The Morgan fingerprint density at radius 1 is 1.03 bits per heavy atom. The predicted molar refractivity (Wildman–Crippen MR) is 152 cm³/mol. The van der Waals surface area contributed by atoms with Gasteiger partial charge in [-0.15, -0.1) is 0 Å². The van der Waals surface area contributed by atoms with Gasteiger partial charge in [0.25, 0.3) is 0 Å². The van der Waals surface area contributed by atoms with Crippen molar-refractivity contribution >= 4 is 38.6 Å². The fraction of sp³-hybridized carbons (Fsp3) is 0.333. The highest BCUT2D eigenvalue weighted by atomic mass is 16.4. The van der Waals surface area contributed by atoms with E-state index in [1.807, 2.05) is 30.0 Å². The van der Waals surface area contributed by atoms with Crippen LogP contribution in [0.15, 0.2) is 74.5 Å². The molecule has 2 aromatic heterocycles. The zero-order valence-electron chi connectivity index (χ0n) is 22.0. The number of hydrogen-bond acceptors (Lipinski definition) is 5. The predicted octanol–water partition coefficient (Wildman–Crippen LogP) is 6.36. The molecular weight excluding hydrogens is 490 g/mol. The molecule has 7 rings (SSSR count). The summed E-state index contributed by atoms with van der Waals surface area (Å²) in [5.41, 5.74) is 3.13. The molecule has 1 saturated carbocycles. The Hall–Kier alpha value is -3.90. The maximum absolute atomic E-state index is 13.4. The van der Waals surface area contributed by atoms with Gasteiger partial charge in [-0.1, -0.05) is 49.2 Å². The third-order valence-corrected chi connectivity index (χ3v) is 9.15. The number of carbonyl (C=O) groups excluding carboxylic acids is 1. The monoisotopic (exact) mass is 521 g/mol. The number of piperidine rings is 1. The average Bonchev–Trinajstić information content (AvgIpc) is 3.36. The summed E-state index contributed by atoms with van der Waals surface area (Å²) in [5, 5.41) is 15.1. The van der Waals surface area contributed by atoms with Gasteiger partial charge in [-0.05, 0) is 60.2 Å². The van der Waals surface area contributed by atoms with Crippen LogP contribution in [0.5, 0.6) is 0 Å². The van der Waals surface area contributed by atoms with Crippen LogP contribution in [0.1, 0.15) is 43.2 Å². The summed E-state index contributed by atoms with van der Waals surface area (Å²) in [7, 11) is 0. The Kier molecular flexibility index (Phi) is 5.63. The summed E-state index contributed by atoms with van der Waals surface area (Å²) in [6.45, 7) is 2.96. The fourth-order valence-electron chi connectivity index (χ4n) is 6.76. The number of aliphatic hydroxyl groups is 1. The molecule has 1 N–H and O–H groups in total. The molecule has 3 heterocycles. The van der Waals surface area contributed by atoms with Crippen LogP contribution in [0.3, 0.4) is 0 Å². The number of furan rings is 1. The highest BCUT2D eigenvalue weighted by Crippen LogP contribution is 2.40. The number of nitrogens with zero attached hydrogens (tertiary/aromatic N) is 1. The van der Waals surface area contributed by atoms with E-state index in [2.05, 4.69) is 30.3 Å². The minimum absolute atomic E-state index is 0.00376. The van der Waals surface area contributed by atoms with Crippen molar-refractivity contribution in [2.75, 3.05) is 13.1 Å². The van der Waals surface area contributed by atoms with Gasteiger partial charge >= 0.3 is 5.63 Å². The zero-order chi connectivity index (χ0) is 26.7. The number of likely N-dealkylation sites (tertiary alicyclic amines) is 1. The Labute approximate surface area is 225 Å². The van der Waals surface area contributed by atoms with Gasteiger partial charge in [-0.2, -0.15) is 0 Å². The van der Waals surface area contributed by atoms with Gasteiger partial charge < -0.3 is 18.8 Å². The largest absolute Gasteiger partial charge is 0.464 e. The van der Waals surface area contributed by atoms with Gasteiger partial charge in [0.05, 0.1) is 23.8 Å². The Morgan fingerprint density at radius 3 is 2.74 bits per heavy atom. The minimum atomic E-state index is -0.647. The van der Waals surface area contributed by atoms with E-state index in [0.717, 1.165) is 58.5 Å². The first kappa shape index (κ1) is 24.2. The Balaban J connectivity index is 1.23. The van der Waals surface area contributed by atoms with Gasteiger partial charge in [0.15, 0.2) is 0 Å². The first-order chi connectivity index (χ1) is 18.9. The van der Waals surface area contributed by atoms with E-state index in [-0.39, 0.29) is 18.2 Å². The number of benzene rings is 3. The maximum Gasteiger partial charge on any atom is 0.340 e.